The first kappa shape index (κ1) is 9.54. The maximum atomic E-state index is 11.4. The third-order valence-electron chi connectivity index (χ3n) is 1.77. The highest BCUT2D eigenvalue weighted by Gasteiger charge is 1.98. The lowest BCUT2D eigenvalue weighted by Crippen LogP contribution is -1.81. The SMILES string of the molecule is CCC[PH](=O)Cc1ccccc1. The fraction of sp³-hybridized carbons (Fsp3) is 0.400. The van der Waals surface area contributed by atoms with Gasteiger partial charge in [0.1, 0.15) is 0 Å². The van der Waals surface area contributed by atoms with E-state index in [2.05, 4.69) is 6.92 Å². The second kappa shape index (κ2) is 5.16. The van der Waals surface area contributed by atoms with E-state index in [4.69, 9.17) is 0 Å². The predicted molar refractivity (Wildman–Crippen MR) is 54.3 cm³/mol. The van der Waals surface area contributed by atoms with Crippen molar-refractivity contribution in [2.45, 2.75) is 19.5 Å². The number of hydrogen-bond donors (Lipinski definition) is 0. The van der Waals surface area contributed by atoms with Gasteiger partial charge in [-0.15, -0.1) is 0 Å². The molecule has 12 heavy (non-hydrogen) atoms. The van der Waals surface area contributed by atoms with Gasteiger partial charge >= 0.3 is 0 Å². The monoisotopic (exact) mass is 182 g/mol. The van der Waals surface area contributed by atoms with Crippen molar-refractivity contribution < 1.29 is 4.57 Å². The molecule has 2 heteroatoms. The van der Waals surface area contributed by atoms with Crippen molar-refractivity contribution in [3.8, 4) is 0 Å². The Morgan fingerprint density at radius 2 is 1.92 bits per heavy atom. The molecule has 0 saturated heterocycles. The summed E-state index contributed by atoms with van der Waals surface area (Å²) in [6.07, 6.45) is 2.70. The Morgan fingerprint density at radius 3 is 2.50 bits per heavy atom. The minimum absolute atomic E-state index is 0.777. The van der Waals surface area contributed by atoms with Gasteiger partial charge in [0, 0.05) is 6.16 Å². The summed E-state index contributed by atoms with van der Waals surface area (Å²) in [7, 11) is -1.34. The van der Waals surface area contributed by atoms with Crippen molar-refractivity contribution in [3.05, 3.63) is 35.9 Å². The number of hydrogen-bond acceptors (Lipinski definition) is 1. The molecule has 0 spiro atoms. The Morgan fingerprint density at radius 1 is 1.25 bits per heavy atom. The van der Waals surface area contributed by atoms with Gasteiger partial charge < -0.3 is 4.57 Å². The second-order valence-corrected chi connectivity index (χ2v) is 4.88. The Hall–Kier alpha value is -0.550. The van der Waals surface area contributed by atoms with E-state index in [-0.39, 0.29) is 0 Å². The molecule has 0 radical (unpaired) electrons. The molecule has 1 aromatic rings. The minimum atomic E-state index is -1.34. The van der Waals surface area contributed by atoms with Crippen LogP contribution in [-0.2, 0) is 10.7 Å². The fourth-order valence-corrected chi connectivity index (χ4v) is 2.62. The quantitative estimate of drug-likeness (QED) is 0.653. The zero-order valence-electron chi connectivity index (χ0n) is 7.42. The van der Waals surface area contributed by atoms with Crippen molar-refractivity contribution in [1.82, 2.24) is 0 Å². The highest BCUT2D eigenvalue weighted by atomic mass is 31.1. The Balaban J connectivity index is 2.47. The summed E-state index contributed by atoms with van der Waals surface area (Å²) in [6, 6.07) is 10.1. The number of benzene rings is 1. The zero-order chi connectivity index (χ0) is 8.81. The van der Waals surface area contributed by atoms with Crippen LogP contribution in [-0.4, -0.2) is 6.16 Å². The van der Waals surface area contributed by atoms with Gasteiger partial charge in [-0.3, -0.25) is 0 Å². The lowest BCUT2D eigenvalue weighted by molar-refractivity contribution is 0.586. The van der Waals surface area contributed by atoms with Crippen molar-refractivity contribution in [2.24, 2.45) is 0 Å². The molecule has 0 aliphatic heterocycles. The molecule has 1 aromatic carbocycles. The van der Waals surface area contributed by atoms with Crippen LogP contribution in [0.25, 0.3) is 0 Å². The van der Waals surface area contributed by atoms with E-state index in [9.17, 15) is 4.57 Å². The first-order valence-electron chi connectivity index (χ1n) is 4.38. The van der Waals surface area contributed by atoms with E-state index in [1.54, 1.807) is 0 Å². The van der Waals surface area contributed by atoms with Crippen molar-refractivity contribution in [3.63, 3.8) is 0 Å². The van der Waals surface area contributed by atoms with Gasteiger partial charge in [0.05, 0.1) is 7.80 Å². The molecule has 1 unspecified atom stereocenters. The Bertz CT molecular complexity index is 243. The first-order valence-corrected chi connectivity index (χ1v) is 6.21. The van der Waals surface area contributed by atoms with Crippen LogP contribution in [0.4, 0.5) is 0 Å². The maximum absolute atomic E-state index is 11.4. The molecular formula is C10H15OP. The van der Waals surface area contributed by atoms with E-state index in [0.29, 0.717) is 0 Å². The van der Waals surface area contributed by atoms with Crippen LogP contribution in [0.1, 0.15) is 18.9 Å². The molecule has 1 rings (SSSR count). The van der Waals surface area contributed by atoms with Crippen LogP contribution in [0, 0.1) is 0 Å². The minimum Gasteiger partial charge on any atom is -0.326 e. The summed E-state index contributed by atoms with van der Waals surface area (Å²) in [4.78, 5) is 0. The summed E-state index contributed by atoms with van der Waals surface area (Å²) in [6.45, 7) is 2.08. The van der Waals surface area contributed by atoms with E-state index in [1.807, 2.05) is 30.3 Å². The second-order valence-electron chi connectivity index (χ2n) is 2.95. The van der Waals surface area contributed by atoms with Crippen LogP contribution in [0.15, 0.2) is 30.3 Å². The van der Waals surface area contributed by atoms with Crippen molar-refractivity contribution in [1.29, 1.82) is 0 Å². The topological polar surface area (TPSA) is 17.1 Å². The standard InChI is InChI=1S/C10H15OP/c1-2-8-12(11)9-10-6-4-3-5-7-10/h3-7,12H,2,8-9H2,1H3. The third kappa shape index (κ3) is 3.23. The Labute approximate surface area is 74.6 Å². The summed E-state index contributed by atoms with van der Waals surface area (Å²) in [5.41, 5.74) is 1.20. The molecule has 0 heterocycles. The molecule has 0 aliphatic rings. The smallest absolute Gasteiger partial charge is 0.0803 e. The van der Waals surface area contributed by atoms with E-state index >= 15 is 0 Å². The fourth-order valence-electron chi connectivity index (χ4n) is 1.19. The zero-order valence-corrected chi connectivity index (χ0v) is 8.42. The molecular weight excluding hydrogens is 167 g/mol. The van der Waals surface area contributed by atoms with Gasteiger partial charge in [0.15, 0.2) is 0 Å². The predicted octanol–water partition coefficient (Wildman–Crippen LogP) is 3.16. The lowest BCUT2D eigenvalue weighted by atomic mass is 10.2. The molecule has 0 aliphatic carbocycles. The van der Waals surface area contributed by atoms with E-state index < -0.39 is 7.80 Å². The molecule has 1 nitrogen and oxygen atoms in total. The van der Waals surface area contributed by atoms with Crippen molar-refractivity contribution >= 4 is 7.80 Å². The lowest BCUT2D eigenvalue weighted by Gasteiger charge is -1.99. The average Bonchev–Trinajstić information content (AvgIpc) is 2.06. The highest BCUT2D eigenvalue weighted by Crippen LogP contribution is 2.26. The van der Waals surface area contributed by atoms with Gasteiger partial charge in [0.25, 0.3) is 0 Å². The molecule has 1 atom stereocenters. The summed E-state index contributed by atoms with van der Waals surface area (Å²) in [5, 5.41) is 0. The van der Waals surface area contributed by atoms with Crippen LogP contribution in [0.2, 0.25) is 0 Å². The molecule has 0 saturated carbocycles. The first-order chi connectivity index (χ1) is 5.83. The van der Waals surface area contributed by atoms with Crippen LogP contribution in [0.3, 0.4) is 0 Å². The Kier molecular flexibility index (Phi) is 4.10. The number of rotatable bonds is 4. The van der Waals surface area contributed by atoms with Gasteiger partial charge in [-0.2, -0.15) is 0 Å². The third-order valence-corrected chi connectivity index (χ3v) is 3.63. The molecule has 0 aromatic heterocycles. The van der Waals surface area contributed by atoms with Crippen LogP contribution < -0.4 is 0 Å². The highest BCUT2D eigenvalue weighted by molar-refractivity contribution is 7.43. The van der Waals surface area contributed by atoms with Gasteiger partial charge in [0.2, 0.25) is 0 Å². The van der Waals surface area contributed by atoms with Crippen LogP contribution in [0.5, 0.6) is 0 Å². The molecule has 0 N–H and O–H groups in total. The van der Waals surface area contributed by atoms with Gasteiger partial charge in [-0.25, -0.2) is 0 Å². The summed E-state index contributed by atoms with van der Waals surface area (Å²) in [5.74, 6) is 0. The average molecular weight is 182 g/mol. The summed E-state index contributed by atoms with van der Waals surface area (Å²) < 4.78 is 11.4. The van der Waals surface area contributed by atoms with Crippen LogP contribution >= 0.6 is 7.80 Å². The largest absolute Gasteiger partial charge is 0.326 e. The molecule has 0 amide bonds. The van der Waals surface area contributed by atoms with Gasteiger partial charge in [-0.05, 0) is 18.1 Å². The van der Waals surface area contributed by atoms with Gasteiger partial charge in [-0.1, -0.05) is 37.3 Å². The summed E-state index contributed by atoms with van der Waals surface area (Å²) >= 11 is 0. The maximum Gasteiger partial charge on any atom is 0.0803 e. The molecule has 66 valence electrons. The molecule has 0 fully saturated rings. The van der Waals surface area contributed by atoms with Crippen molar-refractivity contribution in [2.75, 3.05) is 6.16 Å². The normalized spacial score (nSPS) is 12.8. The molecule has 0 bridgehead atoms. The van der Waals surface area contributed by atoms with E-state index in [1.165, 1.54) is 5.56 Å². The van der Waals surface area contributed by atoms with E-state index in [0.717, 1.165) is 18.7 Å².